The molecule has 2 unspecified atom stereocenters. The molecule has 114 valence electrons. The Balaban J connectivity index is 2.50. The molecule has 1 saturated heterocycles. The van der Waals surface area contributed by atoms with E-state index in [2.05, 4.69) is 44.8 Å². The van der Waals surface area contributed by atoms with Gasteiger partial charge < -0.3 is 10.1 Å². The molecular formula is C16H34N2O. The third kappa shape index (κ3) is 5.80. The summed E-state index contributed by atoms with van der Waals surface area (Å²) in [5.74, 6) is 0. The second-order valence-corrected chi connectivity index (χ2v) is 6.82. The second kappa shape index (κ2) is 8.23. The summed E-state index contributed by atoms with van der Waals surface area (Å²) in [6.45, 7) is 16.6. The van der Waals surface area contributed by atoms with Gasteiger partial charge in [0.2, 0.25) is 0 Å². The summed E-state index contributed by atoms with van der Waals surface area (Å²) in [4.78, 5) is 2.69. The van der Waals surface area contributed by atoms with Gasteiger partial charge in [-0.15, -0.1) is 0 Å². The minimum Gasteiger partial charge on any atom is -0.382 e. The highest BCUT2D eigenvalue weighted by Crippen LogP contribution is 2.27. The number of rotatable bonds is 7. The number of hydrogen-bond acceptors (Lipinski definition) is 3. The Kier molecular flexibility index (Phi) is 7.33. The lowest BCUT2D eigenvalue weighted by Gasteiger charge is -2.46. The molecule has 0 saturated carbocycles. The molecule has 0 aromatic rings. The van der Waals surface area contributed by atoms with Gasteiger partial charge in [-0.3, -0.25) is 4.90 Å². The van der Waals surface area contributed by atoms with E-state index in [1.165, 1.54) is 25.9 Å². The van der Waals surface area contributed by atoms with Crippen molar-refractivity contribution in [3.63, 3.8) is 0 Å². The number of nitrogens with zero attached hydrogens (tertiary/aromatic N) is 1. The van der Waals surface area contributed by atoms with Gasteiger partial charge in [-0.2, -0.15) is 0 Å². The van der Waals surface area contributed by atoms with Crippen LogP contribution in [0.2, 0.25) is 0 Å². The maximum atomic E-state index is 5.48. The first-order chi connectivity index (χ1) is 8.99. The third-order valence-corrected chi connectivity index (χ3v) is 4.07. The second-order valence-electron chi connectivity index (χ2n) is 6.82. The zero-order valence-corrected chi connectivity index (χ0v) is 13.7. The van der Waals surface area contributed by atoms with E-state index in [1.54, 1.807) is 0 Å². The summed E-state index contributed by atoms with van der Waals surface area (Å²) in [6.07, 6.45) is 3.71. The average molecular weight is 270 g/mol. The maximum Gasteiger partial charge on any atom is 0.0478 e. The summed E-state index contributed by atoms with van der Waals surface area (Å²) in [5.41, 5.74) is 0.343. The summed E-state index contributed by atoms with van der Waals surface area (Å²) >= 11 is 0. The Bertz CT molecular complexity index is 237. The van der Waals surface area contributed by atoms with E-state index in [-0.39, 0.29) is 0 Å². The summed E-state index contributed by atoms with van der Waals surface area (Å²) in [5, 5.41) is 3.74. The standard InChI is InChI=1S/C16H34N2O/c1-6-9-14-13-18(10-8-11-19-7-2)15(12-17-14)16(3,4)5/h14-15,17H,6-13H2,1-5H3. The highest BCUT2D eigenvalue weighted by molar-refractivity contribution is 4.92. The SMILES string of the molecule is CCCC1CN(CCCOCC)C(C(C)(C)C)CN1. The van der Waals surface area contributed by atoms with Crippen LogP contribution in [0.15, 0.2) is 0 Å². The van der Waals surface area contributed by atoms with Crippen LogP contribution in [0.25, 0.3) is 0 Å². The third-order valence-electron chi connectivity index (χ3n) is 4.07. The predicted octanol–water partition coefficient (Wildman–Crippen LogP) is 2.90. The largest absolute Gasteiger partial charge is 0.382 e. The molecule has 19 heavy (non-hydrogen) atoms. The molecular weight excluding hydrogens is 236 g/mol. The van der Waals surface area contributed by atoms with Crippen molar-refractivity contribution >= 4 is 0 Å². The Morgan fingerprint density at radius 1 is 1.26 bits per heavy atom. The first-order valence-corrected chi connectivity index (χ1v) is 8.04. The van der Waals surface area contributed by atoms with Crippen molar-refractivity contribution in [2.45, 2.75) is 66.0 Å². The van der Waals surface area contributed by atoms with Crippen molar-refractivity contribution in [1.82, 2.24) is 10.2 Å². The van der Waals surface area contributed by atoms with Crippen molar-refractivity contribution in [1.29, 1.82) is 0 Å². The van der Waals surface area contributed by atoms with Crippen LogP contribution in [0.1, 0.15) is 53.9 Å². The highest BCUT2D eigenvalue weighted by Gasteiger charge is 2.34. The van der Waals surface area contributed by atoms with Gasteiger partial charge in [0.1, 0.15) is 0 Å². The van der Waals surface area contributed by atoms with Crippen LogP contribution < -0.4 is 5.32 Å². The molecule has 3 nitrogen and oxygen atoms in total. The molecule has 0 aromatic carbocycles. The van der Waals surface area contributed by atoms with E-state index in [9.17, 15) is 0 Å². The molecule has 1 N–H and O–H groups in total. The van der Waals surface area contributed by atoms with Crippen molar-refractivity contribution in [2.24, 2.45) is 5.41 Å². The van der Waals surface area contributed by atoms with Gasteiger partial charge in [0, 0.05) is 44.9 Å². The molecule has 1 aliphatic rings. The van der Waals surface area contributed by atoms with Crippen LogP contribution in [0.5, 0.6) is 0 Å². The molecule has 0 aliphatic carbocycles. The van der Waals surface area contributed by atoms with Gasteiger partial charge >= 0.3 is 0 Å². The molecule has 1 rings (SSSR count). The molecule has 0 amide bonds. The van der Waals surface area contributed by atoms with Gasteiger partial charge in [-0.25, -0.2) is 0 Å². The van der Waals surface area contributed by atoms with Crippen LogP contribution in [-0.2, 0) is 4.74 Å². The van der Waals surface area contributed by atoms with Crippen LogP contribution >= 0.6 is 0 Å². The van der Waals surface area contributed by atoms with E-state index >= 15 is 0 Å². The first kappa shape index (κ1) is 16.9. The smallest absolute Gasteiger partial charge is 0.0478 e. The van der Waals surface area contributed by atoms with Crippen molar-refractivity contribution < 1.29 is 4.74 Å². The number of ether oxygens (including phenoxy) is 1. The van der Waals surface area contributed by atoms with Crippen LogP contribution in [0.3, 0.4) is 0 Å². The van der Waals surface area contributed by atoms with Crippen molar-refractivity contribution in [3.8, 4) is 0 Å². The minimum atomic E-state index is 0.343. The maximum absolute atomic E-state index is 5.48. The molecule has 1 heterocycles. The number of hydrogen-bond donors (Lipinski definition) is 1. The van der Waals surface area contributed by atoms with E-state index in [0.717, 1.165) is 26.2 Å². The number of piperazine rings is 1. The Hall–Kier alpha value is -0.120. The lowest BCUT2D eigenvalue weighted by atomic mass is 9.83. The van der Waals surface area contributed by atoms with Crippen molar-refractivity contribution in [2.75, 3.05) is 32.8 Å². The molecule has 0 radical (unpaired) electrons. The molecule has 0 aromatic heterocycles. The first-order valence-electron chi connectivity index (χ1n) is 8.04. The fourth-order valence-electron chi connectivity index (χ4n) is 3.04. The van der Waals surface area contributed by atoms with Crippen LogP contribution in [-0.4, -0.2) is 49.8 Å². The monoisotopic (exact) mass is 270 g/mol. The topological polar surface area (TPSA) is 24.5 Å². The Labute approximate surface area is 120 Å². The summed E-state index contributed by atoms with van der Waals surface area (Å²) < 4.78 is 5.48. The zero-order valence-electron chi connectivity index (χ0n) is 13.7. The lowest BCUT2D eigenvalue weighted by Crippen LogP contribution is -2.60. The fraction of sp³-hybridized carbons (Fsp3) is 1.00. The molecule has 2 atom stereocenters. The summed E-state index contributed by atoms with van der Waals surface area (Å²) in [6, 6.07) is 1.32. The average Bonchev–Trinajstić information content (AvgIpc) is 2.34. The predicted molar refractivity (Wildman–Crippen MR) is 82.6 cm³/mol. The van der Waals surface area contributed by atoms with Gasteiger partial charge in [0.05, 0.1) is 0 Å². The Morgan fingerprint density at radius 3 is 2.58 bits per heavy atom. The number of nitrogens with one attached hydrogen (secondary N) is 1. The molecule has 0 spiro atoms. The van der Waals surface area contributed by atoms with E-state index in [0.29, 0.717) is 17.5 Å². The normalized spacial score (nSPS) is 25.7. The van der Waals surface area contributed by atoms with Gasteiger partial charge in [-0.1, -0.05) is 34.1 Å². The van der Waals surface area contributed by atoms with Crippen LogP contribution in [0, 0.1) is 5.41 Å². The fourth-order valence-corrected chi connectivity index (χ4v) is 3.04. The minimum absolute atomic E-state index is 0.343. The van der Waals surface area contributed by atoms with E-state index in [1.807, 2.05) is 0 Å². The van der Waals surface area contributed by atoms with E-state index in [4.69, 9.17) is 4.74 Å². The molecule has 3 heteroatoms. The molecule has 0 bridgehead atoms. The van der Waals surface area contributed by atoms with E-state index < -0.39 is 0 Å². The van der Waals surface area contributed by atoms with Crippen molar-refractivity contribution in [3.05, 3.63) is 0 Å². The zero-order chi connectivity index (χ0) is 14.3. The molecule has 1 fully saturated rings. The highest BCUT2D eigenvalue weighted by atomic mass is 16.5. The quantitative estimate of drug-likeness (QED) is 0.720. The lowest BCUT2D eigenvalue weighted by molar-refractivity contribution is 0.0433. The van der Waals surface area contributed by atoms with Gasteiger partial charge in [0.25, 0.3) is 0 Å². The summed E-state index contributed by atoms with van der Waals surface area (Å²) in [7, 11) is 0. The van der Waals surface area contributed by atoms with Crippen LogP contribution in [0.4, 0.5) is 0 Å². The molecule has 1 aliphatic heterocycles. The van der Waals surface area contributed by atoms with Gasteiger partial charge in [0.15, 0.2) is 0 Å². The Morgan fingerprint density at radius 2 is 2.00 bits per heavy atom. The van der Waals surface area contributed by atoms with Gasteiger partial charge in [-0.05, 0) is 25.2 Å².